The van der Waals surface area contributed by atoms with Crippen molar-refractivity contribution in [2.45, 2.75) is 19.3 Å². The first-order valence-electron chi connectivity index (χ1n) is 8.86. The summed E-state index contributed by atoms with van der Waals surface area (Å²) >= 11 is 0. The summed E-state index contributed by atoms with van der Waals surface area (Å²) < 4.78 is 0. The molecule has 126 valence electrons. The Bertz CT molecular complexity index is 639. The highest BCUT2D eigenvalue weighted by Gasteiger charge is 2.31. The highest BCUT2D eigenvalue weighted by Crippen LogP contribution is 2.27. The van der Waals surface area contributed by atoms with E-state index < -0.39 is 0 Å². The van der Waals surface area contributed by atoms with Crippen LogP contribution in [-0.4, -0.2) is 30.4 Å². The van der Waals surface area contributed by atoms with Crippen LogP contribution < -0.4 is 5.73 Å². The predicted molar refractivity (Wildman–Crippen MR) is 100 cm³/mol. The molecule has 0 amide bonds. The van der Waals surface area contributed by atoms with Crippen molar-refractivity contribution < 1.29 is 0 Å². The average molecular weight is 321 g/mol. The van der Waals surface area contributed by atoms with Crippen LogP contribution in [0.2, 0.25) is 0 Å². The van der Waals surface area contributed by atoms with Gasteiger partial charge in [0.05, 0.1) is 5.84 Å². The van der Waals surface area contributed by atoms with Gasteiger partial charge in [-0.1, -0.05) is 60.7 Å². The lowest BCUT2D eigenvalue weighted by Gasteiger charge is -2.38. The Morgan fingerprint density at radius 2 is 1.62 bits per heavy atom. The van der Waals surface area contributed by atoms with E-state index in [-0.39, 0.29) is 5.92 Å². The van der Waals surface area contributed by atoms with Crippen LogP contribution in [0.25, 0.3) is 0 Å². The van der Waals surface area contributed by atoms with Crippen molar-refractivity contribution in [1.82, 2.24) is 4.90 Å². The molecule has 0 radical (unpaired) electrons. The summed E-state index contributed by atoms with van der Waals surface area (Å²) in [6.45, 7) is 3.07. The van der Waals surface area contributed by atoms with Gasteiger partial charge in [0.1, 0.15) is 0 Å². The van der Waals surface area contributed by atoms with Crippen LogP contribution in [0, 0.1) is 17.2 Å². The van der Waals surface area contributed by atoms with Gasteiger partial charge in [-0.2, -0.15) is 0 Å². The van der Waals surface area contributed by atoms with Crippen LogP contribution in [0.15, 0.2) is 60.7 Å². The fourth-order valence-electron chi connectivity index (χ4n) is 3.72. The summed E-state index contributed by atoms with van der Waals surface area (Å²) in [4.78, 5) is 2.47. The molecular weight excluding hydrogens is 294 g/mol. The van der Waals surface area contributed by atoms with Gasteiger partial charge in [0, 0.05) is 19.0 Å². The minimum atomic E-state index is 0.176. The highest BCUT2D eigenvalue weighted by atomic mass is 15.1. The molecule has 0 saturated carbocycles. The summed E-state index contributed by atoms with van der Waals surface area (Å²) in [5, 5.41) is 8.02. The van der Waals surface area contributed by atoms with Crippen LogP contribution in [0.5, 0.6) is 0 Å². The Labute approximate surface area is 145 Å². The van der Waals surface area contributed by atoms with E-state index >= 15 is 0 Å². The Morgan fingerprint density at radius 3 is 2.25 bits per heavy atom. The third-order valence-electron chi connectivity index (χ3n) is 5.14. The van der Waals surface area contributed by atoms with E-state index in [0.29, 0.717) is 11.8 Å². The van der Waals surface area contributed by atoms with Gasteiger partial charge in [-0.05, 0) is 42.9 Å². The summed E-state index contributed by atoms with van der Waals surface area (Å²) in [5.41, 5.74) is 8.67. The fraction of sp³-hybridized carbons (Fsp3) is 0.381. The molecule has 0 spiro atoms. The number of likely N-dealkylation sites (tertiary alicyclic amines) is 1. The number of nitrogens with two attached hydrogens (primary N) is 1. The topological polar surface area (TPSA) is 53.1 Å². The molecular formula is C21H27N3. The van der Waals surface area contributed by atoms with E-state index in [1.165, 1.54) is 11.1 Å². The Balaban J connectivity index is 1.58. The number of piperidine rings is 1. The van der Waals surface area contributed by atoms with Crippen molar-refractivity contribution >= 4 is 5.84 Å². The van der Waals surface area contributed by atoms with Crippen LogP contribution in [-0.2, 0) is 12.8 Å². The SMILES string of the molecule is N=C(N)[C@H]1CN(CCc2ccccc2)CCC1Cc1ccccc1. The molecule has 2 aromatic rings. The van der Waals surface area contributed by atoms with E-state index in [0.717, 1.165) is 38.9 Å². The number of rotatable bonds is 6. The second-order valence-corrected chi connectivity index (χ2v) is 6.84. The molecule has 1 fully saturated rings. The first-order chi connectivity index (χ1) is 11.7. The number of benzene rings is 2. The van der Waals surface area contributed by atoms with Crippen molar-refractivity contribution in [3.63, 3.8) is 0 Å². The zero-order valence-electron chi connectivity index (χ0n) is 14.2. The molecule has 3 nitrogen and oxygen atoms in total. The average Bonchev–Trinajstić information content (AvgIpc) is 2.62. The fourth-order valence-corrected chi connectivity index (χ4v) is 3.72. The van der Waals surface area contributed by atoms with Crippen molar-refractivity contribution in [2.24, 2.45) is 17.6 Å². The summed E-state index contributed by atoms with van der Waals surface area (Å²) in [5.74, 6) is 1.01. The van der Waals surface area contributed by atoms with Crippen LogP contribution in [0.1, 0.15) is 17.5 Å². The van der Waals surface area contributed by atoms with Gasteiger partial charge in [0.25, 0.3) is 0 Å². The zero-order chi connectivity index (χ0) is 16.8. The Morgan fingerprint density at radius 1 is 1.00 bits per heavy atom. The van der Waals surface area contributed by atoms with Crippen molar-refractivity contribution in [3.05, 3.63) is 71.8 Å². The van der Waals surface area contributed by atoms with Gasteiger partial charge in [-0.25, -0.2) is 0 Å². The predicted octanol–water partition coefficient (Wildman–Crippen LogP) is 3.35. The van der Waals surface area contributed by atoms with Gasteiger partial charge in [-0.3, -0.25) is 5.41 Å². The minimum Gasteiger partial charge on any atom is -0.387 e. The summed E-state index contributed by atoms with van der Waals surface area (Å²) in [7, 11) is 0. The number of amidine groups is 1. The maximum atomic E-state index is 8.02. The molecule has 0 aromatic heterocycles. The smallest absolute Gasteiger partial charge is 0.0952 e. The van der Waals surface area contributed by atoms with Gasteiger partial charge >= 0.3 is 0 Å². The van der Waals surface area contributed by atoms with Gasteiger partial charge in [0.2, 0.25) is 0 Å². The van der Waals surface area contributed by atoms with E-state index in [4.69, 9.17) is 11.1 Å². The van der Waals surface area contributed by atoms with Crippen LogP contribution in [0.4, 0.5) is 0 Å². The molecule has 1 heterocycles. The van der Waals surface area contributed by atoms with Crippen molar-refractivity contribution in [2.75, 3.05) is 19.6 Å². The lowest BCUT2D eigenvalue weighted by Crippen LogP contribution is -2.47. The van der Waals surface area contributed by atoms with E-state index in [9.17, 15) is 0 Å². The number of hydrogen-bond acceptors (Lipinski definition) is 2. The first-order valence-corrected chi connectivity index (χ1v) is 8.86. The summed E-state index contributed by atoms with van der Waals surface area (Å²) in [6.07, 6.45) is 3.21. The van der Waals surface area contributed by atoms with Crippen LogP contribution >= 0.6 is 0 Å². The molecule has 2 atom stereocenters. The number of nitrogens with zero attached hydrogens (tertiary/aromatic N) is 1. The van der Waals surface area contributed by atoms with Gasteiger partial charge < -0.3 is 10.6 Å². The third kappa shape index (κ3) is 4.45. The lowest BCUT2D eigenvalue weighted by atomic mass is 9.80. The summed E-state index contributed by atoms with van der Waals surface area (Å²) in [6, 6.07) is 21.2. The molecule has 24 heavy (non-hydrogen) atoms. The largest absolute Gasteiger partial charge is 0.387 e. The number of nitrogens with one attached hydrogen (secondary N) is 1. The monoisotopic (exact) mass is 321 g/mol. The van der Waals surface area contributed by atoms with E-state index in [1.807, 2.05) is 0 Å². The Hall–Kier alpha value is -2.13. The molecule has 3 heteroatoms. The maximum absolute atomic E-state index is 8.02. The van der Waals surface area contributed by atoms with Gasteiger partial charge in [0.15, 0.2) is 0 Å². The van der Waals surface area contributed by atoms with Gasteiger partial charge in [-0.15, -0.1) is 0 Å². The highest BCUT2D eigenvalue weighted by molar-refractivity contribution is 5.80. The normalized spacial score (nSPS) is 21.5. The number of hydrogen-bond donors (Lipinski definition) is 2. The second kappa shape index (κ2) is 8.11. The molecule has 1 unspecified atom stereocenters. The molecule has 1 saturated heterocycles. The van der Waals surface area contributed by atoms with Crippen LogP contribution in [0.3, 0.4) is 0 Å². The standard InChI is InChI=1S/C21H27N3/c22-21(23)20-16-24(13-11-17-7-3-1-4-8-17)14-12-19(20)15-18-9-5-2-6-10-18/h1-10,19-20H,11-16H2,(H3,22,23)/t19?,20-/m0/s1. The second-order valence-electron chi connectivity index (χ2n) is 6.84. The van der Waals surface area contributed by atoms with Crippen molar-refractivity contribution in [1.29, 1.82) is 5.41 Å². The third-order valence-corrected chi connectivity index (χ3v) is 5.14. The van der Waals surface area contributed by atoms with Crippen molar-refractivity contribution in [3.8, 4) is 0 Å². The molecule has 0 bridgehead atoms. The maximum Gasteiger partial charge on any atom is 0.0952 e. The van der Waals surface area contributed by atoms with E-state index in [2.05, 4.69) is 65.6 Å². The molecule has 1 aliphatic heterocycles. The molecule has 3 N–H and O–H groups in total. The lowest BCUT2D eigenvalue weighted by molar-refractivity contribution is 0.154. The molecule has 3 rings (SSSR count). The van der Waals surface area contributed by atoms with E-state index in [1.54, 1.807) is 0 Å². The minimum absolute atomic E-state index is 0.176. The quantitative estimate of drug-likeness (QED) is 0.633. The Kier molecular flexibility index (Phi) is 5.65. The molecule has 2 aromatic carbocycles. The molecule has 1 aliphatic rings. The zero-order valence-corrected chi connectivity index (χ0v) is 14.2. The first kappa shape index (κ1) is 16.7. The molecule has 0 aliphatic carbocycles.